The lowest BCUT2D eigenvalue weighted by Gasteiger charge is -2.14. The highest BCUT2D eigenvalue weighted by Crippen LogP contribution is 2.37. The van der Waals surface area contributed by atoms with Gasteiger partial charge in [-0.25, -0.2) is 26.9 Å². The first-order valence-electron chi connectivity index (χ1n) is 9.72. The molecule has 0 radical (unpaired) electrons. The molecular formula is C20H16Cl2F2N6O4S. The Morgan fingerprint density at radius 1 is 1.09 bits per heavy atom. The molecule has 0 amide bonds. The van der Waals surface area contributed by atoms with Crippen LogP contribution in [0.3, 0.4) is 0 Å². The van der Waals surface area contributed by atoms with Crippen molar-refractivity contribution in [2.75, 3.05) is 18.9 Å². The number of hydrogen-bond donors (Lipinski definition) is 2. The molecule has 3 heterocycles. The fraction of sp³-hybridized carbons (Fsp3) is 0.200. The van der Waals surface area contributed by atoms with Gasteiger partial charge in [-0.15, -0.1) is 0 Å². The minimum Gasteiger partial charge on any atom is -0.481 e. The minimum atomic E-state index is -4.27. The van der Waals surface area contributed by atoms with Gasteiger partial charge in [0.25, 0.3) is 10.0 Å². The number of sulfonamides is 1. The van der Waals surface area contributed by atoms with Crippen molar-refractivity contribution >= 4 is 50.1 Å². The van der Waals surface area contributed by atoms with Crippen molar-refractivity contribution < 1.29 is 26.7 Å². The first-order valence-corrected chi connectivity index (χ1v) is 12.0. The number of hydrogen-bond acceptors (Lipinski definition) is 8. The Kier molecular flexibility index (Phi) is 6.92. The number of methoxy groups -OCH3 is 2. The number of nitrogens with one attached hydrogen (secondary N) is 2. The van der Waals surface area contributed by atoms with Gasteiger partial charge in [0.05, 0.1) is 48.4 Å². The van der Waals surface area contributed by atoms with E-state index < -0.39 is 28.8 Å². The zero-order valence-electron chi connectivity index (χ0n) is 18.0. The second-order valence-corrected chi connectivity index (χ2v) is 9.41. The van der Waals surface area contributed by atoms with Gasteiger partial charge < -0.3 is 14.5 Å². The number of aromatic amines is 1. The molecule has 35 heavy (non-hydrogen) atoms. The molecule has 0 aliphatic rings. The number of fused-ring (bicyclic) bond motifs is 1. The van der Waals surface area contributed by atoms with Crippen LogP contribution in [-0.2, 0) is 16.4 Å². The molecule has 0 saturated carbocycles. The minimum absolute atomic E-state index is 0.0941. The molecule has 1 aromatic carbocycles. The van der Waals surface area contributed by atoms with Gasteiger partial charge in [0.1, 0.15) is 10.0 Å². The van der Waals surface area contributed by atoms with Gasteiger partial charge in [-0.05, 0) is 12.1 Å². The van der Waals surface area contributed by atoms with Gasteiger partial charge in [-0.2, -0.15) is 9.97 Å². The molecule has 0 saturated heterocycles. The van der Waals surface area contributed by atoms with Crippen molar-refractivity contribution in [3.63, 3.8) is 0 Å². The average Bonchev–Trinajstić information content (AvgIpc) is 3.25. The first-order chi connectivity index (χ1) is 16.6. The summed E-state index contributed by atoms with van der Waals surface area (Å²) in [6.07, 6.45) is 0.545. The van der Waals surface area contributed by atoms with Crippen LogP contribution in [0.2, 0.25) is 10.2 Å². The lowest BCUT2D eigenvalue weighted by molar-refractivity contribution is 0.146. The molecule has 0 unspecified atom stereocenters. The summed E-state index contributed by atoms with van der Waals surface area (Å²) in [5.41, 5.74) is 1.09. The van der Waals surface area contributed by atoms with Gasteiger partial charge in [0.15, 0.2) is 0 Å². The molecule has 2 N–H and O–H groups in total. The van der Waals surface area contributed by atoms with Gasteiger partial charge in [0, 0.05) is 23.6 Å². The molecule has 0 spiro atoms. The normalized spacial score (nSPS) is 11.7. The Bertz CT molecular complexity index is 1470. The Hall–Kier alpha value is -3.29. The number of rotatable bonds is 8. The third-order valence-corrected chi connectivity index (χ3v) is 6.71. The van der Waals surface area contributed by atoms with E-state index in [2.05, 4.69) is 29.6 Å². The van der Waals surface area contributed by atoms with Crippen LogP contribution in [0.4, 0.5) is 14.7 Å². The molecule has 0 aliphatic heterocycles. The van der Waals surface area contributed by atoms with Crippen molar-refractivity contribution in [3.8, 4) is 23.0 Å². The van der Waals surface area contributed by atoms with Crippen LogP contribution < -0.4 is 14.2 Å². The predicted octanol–water partition coefficient (Wildman–Crippen LogP) is 4.35. The Balaban J connectivity index is 1.77. The maximum absolute atomic E-state index is 13.2. The topological polar surface area (TPSA) is 132 Å². The quantitative estimate of drug-likeness (QED) is 0.334. The van der Waals surface area contributed by atoms with E-state index in [0.29, 0.717) is 27.2 Å². The van der Waals surface area contributed by atoms with E-state index in [1.54, 1.807) is 0 Å². The third-order valence-electron chi connectivity index (χ3n) is 4.84. The third kappa shape index (κ3) is 4.92. The molecule has 0 aliphatic carbocycles. The van der Waals surface area contributed by atoms with E-state index in [9.17, 15) is 17.2 Å². The summed E-state index contributed by atoms with van der Waals surface area (Å²) in [6, 6.07) is 3.04. The van der Waals surface area contributed by atoms with Crippen LogP contribution in [0.1, 0.15) is 5.56 Å². The van der Waals surface area contributed by atoms with Crippen molar-refractivity contribution in [1.82, 2.24) is 24.9 Å². The van der Waals surface area contributed by atoms with Crippen LogP contribution in [-0.4, -0.2) is 54.0 Å². The van der Waals surface area contributed by atoms with E-state index in [-0.39, 0.29) is 27.4 Å². The number of halogens is 4. The highest BCUT2D eigenvalue weighted by atomic mass is 35.5. The highest BCUT2D eigenvalue weighted by molar-refractivity contribution is 7.93. The van der Waals surface area contributed by atoms with Crippen LogP contribution in [0.15, 0.2) is 35.6 Å². The standard InChI is InChI=1S/C20H16Cl2F2N6O4S/c1-33-18-10(5-15(23)24)19(34-2)29-20(28-18)30-35(31,32)13-7-27-17-9(13)3-4-11(21)16(17)12-6-26-14(22)8-25-12/h3-4,6-8,15,27H,5H2,1-2H3,(H,28,29,30). The molecule has 3 aromatic heterocycles. The molecule has 0 fully saturated rings. The van der Waals surface area contributed by atoms with Crippen molar-refractivity contribution in [1.29, 1.82) is 0 Å². The van der Waals surface area contributed by atoms with E-state index in [1.165, 1.54) is 44.9 Å². The fourth-order valence-corrected chi connectivity index (χ4v) is 4.86. The van der Waals surface area contributed by atoms with Crippen LogP contribution in [0.5, 0.6) is 11.8 Å². The lowest BCUT2D eigenvalue weighted by atomic mass is 10.1. The van der Waals surface area contributed by atoms with Crippen molar-refractivity contribution in [2.24, 2.45) is 0 Å². The largest absolute Gasteiger partial charge is 0.481 e. The summed E-state index contributed by atoms with van der Waals surface area (Å²) in [6.45, 7) is 0. The number of nitrogens with zero attached hydrogens (tertiary/aromatic N) is 4. The zero-order chi connectivity index (χ0) is 25.3. The first kappa shape index (κ1) is 24.8. The number of benzene rings is 1. The summed E-state index contributed by atoms with van der Waals surface area (Å²) in [5.74, 6) is -0.919. The van der Waals surface area contributed by atoms with Crippen LogP contribution in [0.25, 0.3) is 22.2 Å². The second-order valence-electron chi connectivity index (χ2n) is 6.97. The van der Waals surface area contributed by atoms with Crippen LogP contribution >= 0.6 is 23.2 Å². The predicted molar refractivity (Wildman–Crippen MR) is 125 cm³/mol. The molecule has 4 rings (SSSR count). The van der Waals surface area contributed by atoms with E-state index in [0.717, 1.165) is 0 Å². The van der Waals surface area contributed by atoms with E-state index in [4.69, 9.17) is 32.7 Å². The highest BCUT2D eigenvalue weighted by Gasteiger charge is 2.26. The zero-order valence-corrected chi connectivity index (χ0v) is 20.3. The average molecular weight is 545 g/mol. The summed E-state index contributed by atoms with van der Waals surface area (Å²) >= 11 is 12.2. The molecule has 0 bridgehead atoms. The molecule has 0 atom stereocenters. The molecule has 4 aromatic rings. The molecule has 10 nitrogen and oxygen atoms in total. The van der Waals surface area contributed by atoms with Crippen molar-refractivity contribution in [2.45, 2.75) is 17.7 Å². The van der Waals surface area contributed by atoms with E-state index >= 15 is 0 Å². The number of ether oxygens (including phenoxy) is 2. The molecule has 184 valence electrons. The number of H-pyrrole nitrogens is 1. The summed E-state index contributed by atoms with van der Waals surface area (Å²) < 4.78 is 64.7. The lowest BCUT2D eigenvalue weighted by Crippen LogP contribution is -2.16. The number of alkyl halides is 2. The Morgan fingerprint density at radius 3 is 2.34 bits per heavy atom. The van der Waals surface area contributed by atoms with Crippen LogP contribution in [0, 0.1) is 0 Å². The molecule has 15 heteroatoms. The Morgan fingerprint density at radius 2 is 1.77 bits per heavy atom. The van der Waals surface area contributed by atoms with Gasteiger partial charge in [-0.1, -0.05) is 23.2 Å². The van der Waals surface area contributed by atoms with Crippen molar-refractivity contribution in [3.05, 3.63) is 46.5 Å². The SMILES string of the molecule is COc1nc(NS(=O)(=O)c2c[nH]c3c(-c4cnc(Cl)cn4)c(Cl)ccc23)nc(OC)c1CC(F)F. The second kappa shape index (κ2) is 9.76. The summed E-state index contributed by atoms with van der Waals surface area (Å²) in [5, 5.41) is 0.781. The van der Waals surface area contributed by atoms with E-state index in [1.807, 2.05) is 0 Å². The Labute approximate surface area is 207 Å². The smallest absolute Gasteiger partial charge is 0.266 e. The monoisotopic (exact) mass is 544 g/mol. The fourth-order valence-electron chi connectivity index (χ4n) is 3.39. The maximum Gasteiger partial charge on any atom is 0.266 e. The summed E-state index contributed by atoms with van der Waals surface area (Å²) in [7, 11) is -1.85. The maximum atomic E-state index is 13.2. The summed E-state index contributed by atoms with van der Waals surface area (Å²) in [4.78, 5) is 18.8. The number of anilines is 1. The number of aromatic nitrogens is 5. The van der Waals surface area contributed by atoms with Gasteiger partial charge in [0.2, 0.25) is 24.1 Å². The van der Waals surface area contributed by atoms with Gasteiger partial charge >= 0.3 is 0 Å². The molecular weight excluding hydrogens is 529 g/mol. The van der Waals surface area contributed by atoms with Gasteiger partial charge in [-0.3, -0.25) is 4.98 Å².